The molecule has 1 aromatic heterocycles. The molecule has 0 aliphatic rings. The average molecular weight is 399 g/mol. The van der Waals surface area contributed by atoms with Gasteiger partial charge in [0, 0.05) is 17.7 Å². The molecule has 0 atom stereocenters. The minimum atomic E-state index is -0.292. The van der Waals surface area contributed by atoms with E-state index in [4.69, 9.17) is 19.9 Å². The lowest BCUT2D eigenvalue weighted by Crippen LogP contribution is -2.23. The van der Waals surface area contributed by atoms with Crippen LogP contribution in [0.5, 0.6) is 17.2 Å². The highest BCUT2D eigenvalue weighted by Crippen LogP contribution is 2.32. The van der Waals surface area contributed by atoms with Crippen LogP contribution in [-0.4, -0.2) is 31.6 Å². The van der Waals surface area contributed by atoms with E-state index >= 15 is 0 Å². The highest BCUT2D eigenvalue weighted by molar-refractivity contribution is 7.09. The smallest absolute Gasteiger partial charge is 0.265 e. The van der Waals surface area contributed by atoms with Crippen LogP contribution in [0.15, 0.2) is 42.5 Å². The number of carbonyl (C=O) groups excluding carboxylic acids is 1. The summed E-state index contributed by atoms with van der Waals surface area (Å²) in [6.45, 7) is 0.272. The fourth-order valence-corrected chi connectivity index (χ4v) is 3.43. The second kappa shape index (κ2) is 8.62. The van der Waals surface area contributed by atoms with Gasteiger partial charge in [-0.1, -0.05) is 0 Å². The molecule has 2 aromatic carbocycles. The van der Waals surface area contributed by atoms with Gasteiger partial charge in [0.2, 0.25) is 0 Å². The first kappa shape index (κ1) is 19.5. The van der Waals surface area contributed by atoms with E-state index in [0.717, 1.165) is 28.4 Å². The molecule has 0 aliphatic carbocycles. The maximum atomic E-state index is 12.6. The third kappa shape index (κ3) is 4.01. The molecular formula is C20H21N3O4S. The van der Waals surface area contributed by atoms with E-state index in [1.807, 2.05) is 30.3 Å². The van der Waals surface area contributed by atoms with Crippen molar-refractivity contribution < 1.29 is 19.0 Å². The van der Waals surface area contributed by atoms with E-state index in [1.54, 1.807) is 33.5 Å². The Morgan fingerprint density at radius 1 is 1.04 bits per heavy atom. The van der Waals surface area contributed by atoms with E-state index in [0.29, 0.717) is 27.8 Å². The van der Waals surface area contributed by atoms with Crippen molar-refractivity contribution in [3.05, 3.63) is 52.9 Å². The van der Waals surface area contributed by atoms with Gasteiger partial charge in [0.1, 0.15) is 27.8 Å². The van der Waals surface area contributed by atoms with Crippen LogP contribution in [-0.2, 0) is 6.54 Å². The number of hydrogen-bond donors (Lipinski definition) is 2. The SMILES string of the molecule is COc1ccc(-c2nsc(C(=O)NCc3cc(OC)ccc3OC)c2N)cc1. The molecule has 3 aromatic rings. The molecule has 0 bridgehead atoms. The van der Waals surface area contributed by atoms with Crippen molar-refractivity contribution in [1.82, 2.24) is 9.69 Å². The number of methoxy groups -OCH3 is 3. The van der Waals surface area contributed by atoms with Crippen LogP contribution >= 0.6 is 11.5 Å². The first-order valence-corrected chi connectivity index (χ1v) is 9.23. The van der Waals surface area contributed by atoms with Crippen molar-refractivity contribution in [2.45, 2.75) is 6.54 Å². The predicted octanol–water partition coefficient (Wildman–Crippen LogP) is 3.35. The lowest BCUT2D eigenvalue weighted by molar-refractivity contribution is 0.0955. The Morgan fingerprint density at radius 3 is 2.36 bits per heavy atom. The zero-order valence-electron chi connectivity index (χ0n) is 15.8. The van der Waals surface area contributed by atoms with Gasteiger partial charge >= 0.3 is 0 Å². The van der Waals surface area contributed by atoms with Crippen molar-refractivity contribution in [3.63, 3.8) is 0 Å². The van der Waals surface area contributed by atoms with Crippen LogP contribution in [0, 0.1) is 0 Å². The summed E-state index contributed by atoms with van der Waals surface area (Å²) in [6, 6.07) is 12.8. The third-order valence-electron chi connectivity index (χ3n) is 4.22. The fourth-order valence-electron chi connectivity index (χ4n) is 2.69. The van der Waals surface area contributed by atoms with Gasteiger partial charge in [0.25, 0.3) is 5.91 Å². The van der Waals surface area contributed by atoms with Gasteiger partial charge in [-0.05, 0) is 54.0 Å². The summed E-state index contributed by atoms with van der Waals surface area (Å²) < 4.78 is 20.1. The van der Waals surface area contributed by atoms with E-state index in [1.165, 1.54) is 0 Å². The summed E-state index contributed by atoms with van der Waals surface area (Å²) in [5.74, 6) is 1.80. The van der Waals surface area contributed by atoms with Crippen LogP contribution in [0.25, 0.3) is 11.3 Å². The van der Waals surface area contributed by atoms with Gasteiger partial charge in [0.15, 0.2) is 0 Å². The largest absolute Gasteiger partial charge is 0.497 e. The van der Waals surface area contributed by atoms with Crippen LogP contribution in [0.3, 0.4) is 0 Å². The van der Waals surface area contributed by atoms with Crippen LogP contribution in [0.1, 0.15) is 15.2 Å². The van der Waals surface area contributed by atoms with Gasteiger partial charge in [-0.15, -0.1) is 0 Å². The summed E-state index contributed by atoms with van der Waals surface area (Å²) in [7, 11) is 4.77. The van der Waals surface area contributed by atoms with Gasteiger partial charge in [0.05, 0.1) is 27.0 Å². The molecule has 3 N–H and O–H groups in total. The van der Waals surface area contributed by atoms with E-state index in [-0.39, 0.29) is 12.5 Å². The van der Waals surface area contributed by atoms with Crippen LogP contribution in [0.4, 0.5) is 5.69 Å². The number of nitrogen functional groups attached to an aromatic ring is 1. The number of aromatic nitrogens is 1. The first-order valence-electron chi connectivity index (χ1n) is 8.46. The Balaban J connectivity index is 1.76. The van der Waals surface area contributed by atoms with Crippen molar-refractivity contribution >= 4 is 23.1 Å². The predicted molar refractivity (Wildman–Crippen MR) is 109 cm³/mol. The van der Waals surface area contributed by atoms with Gasteiger partial charge < -0.3 is 25.3 Å². The maximum Gasteiger partial charge on any atom is 0.265 e. The second-order valence-corrected chi connectivity index (χ2v) is 6.64. The Hall–Kier alpha value is -3.26. The summed E-state index contributed by atoms with van der Waals surface area (Å²) in [6.07, 6.45) is 0. The molecule has 0 fully saturated rings. The van der Waals surface area contributed by atoms with E-state index < -0.39 is 0 Å². The summed E-state index contributed by atoms with van der Waals surface area (Å²) in [4.78, 5) is 13.0. The Kier molecular flexibility index (Phi) is 6.00. The number of hydrogen-bond acceptors (Lipinski definition) is 7. The molecule has 1 heterocycles. The normalized spacial score (nSPS) is 10.4. The molecule has 0 saturated carbocycles. The number of rotatable bonds is 7. The molecule has 1 amide bonds. The Morgan fingerprint density at radius 2 is 1.71 bits per heavy atom. The van der Waals surface area contributed by atoms with Crippen LogP contribution in [0.2, 0.25) is 0 Å². The van der Waals surface area contributed by atoms with E-state index in [9.17, 15) is 4.79 Å². The lowest BCUT2D eigenvalue weighted by atomic mass is 10.1. The molecule has 28 heavy (non-hydrogen) atoms. The van der Waals surface area contributed by atoms with Gasteiger partial charge in [-0.2, -0.15) is 4.37 Å². The number of anilines is 1. The summed E-state index contributed by atoms with van der Waals surface area (Å²) >= 11 is 1.07. The number of carbonyl (C=O) groups is 1. The van der Waals surface area contributed by atoms with Crippen molar-refractivity contribution in [3.8, 4) is 28.5 Å². The number of nitrogens with zero attached hydrogens (tertiary/aromatic N) is 1. The second-order valence-electron chi connectivity index (χ2n) is 5.86. The van der Waals surface area contributed by atoms with Crippen molar-refractivity contribution in [2.24, 2.45) is 0 Å². The zero-order valence-corrected chi connectivity index (χ0v) is 16.6. The quantitative estimate of drug-likeness (QED) is 0.633. The molecule has 0 saturated heterocycles. The number of nitrogens with one attached hydrogen (secondary N) is 1. The Bertz CT molecular complexity index is 970. The zero-order chi connectivity index (χ0) is 20.1. The van der Waals surface area contributed by atoms with Gasteiger partial charge in [-0.25, -0.2) is 0 Å². The lowest BCUT2D eigenvalue weighted by Gasteiger charge is -2.11. The molecule has 3 rings (SSSR count). The average Bonchev–Trinajstić information content (AvgIpc) is 3.13. The number of ether oxygens (including phenoxy) is 3. The molecular weight excluding hydrogens is 378 g/mol. The molecule has 0 radical (unpaired) electrons. The summed E-state index contributed by atoms with van der Waals surface area (Å²) in [5, 5.41) is 2.86. The fraction of sp³-hybridized carbons (Fsp3) is 0.200. The topological polar surface area (TPSA) is 95.7 Å². The molecule has 7 nitrogen and oxygen atoms in total. The molecule has 0 spiro atoms. The highest BCUT2D eigenvalue weighted by Gasteiger charge is 2.19. The standard InChI is InChI=1S/C20H21N3O4S/c1-25-14-6-4-12(5-7-14)18-17(21)19(28-23-18)20(24)22-11-13-10-15(26-2)8-9-16(13)27-3/h4-10H,11,21H2,1-3H3,(H,22,24). The molecule has 146 valence electrons. The first-order chi connectivity index (χ1) is 13.6. The molecule has 0 unspecified atom stereocenters. The highest BCUT2D eigenvalue weighted by atomic mass is 32.1. The van der Waals surface area contributed by atoms with Crippen LogP contribution < -0.4 is 25.3 Å². The van der Waals surface area contributed by atoms with Gasteiger partial charge in [-0.3, -0.25) is 4.79 Å². The maximum absolute atomic E-state index is 12.6. The number of nitrogens with two attached hydrogens (primary N) is 1. The summed E-state index contributed by atoms with van der Waals surface area (Å²) in [5.41, 5.74) is 8.74. The van der Waals surface area contributed by atoms with Crippen molar-refractivity contribution in [1.29, 1.82) is 0 Å². The Labute approximate surface area is 167 Å². The molecule has 8 heteroatoms. The third-order valence-corrected chi connectivity index (χ3v) is 5.09. The van der Waals surface area contributed by atoms with E-state index in [2.05, 4.69) is 9.69 Å². The monoisotopic (exact) mass is 399 g/mol. The number of amides is 1. The number of benzene rings is 2. The minimum Gasteiger partial charge on any atom is -0.497 e. The van der Waals surface area contributed by atoms with Crippen molar-refractivity contribution in [2.75, 3.05) is 27.1 Å². The molecule has 0 aliphatic heterocycles. The minimum absolute atomic E-state index is 0.272.